The molecule has 1 saturated heterocycles. The lowest BCUT2D eigenvalue weighted by Crippen LogP contribution is -2.54. The highest BCUT2D eigenvalue weighted by Crippen LogP contribution is 2.38. The highest BCUT2D eigenvalue weighted by atomic mass is 35.5. The molecule has 0 bridgehead atoms. The number of hydrogen-bond acceptors (Lipinski definition) is 5. The van der Waals surface area contributed by atoms with Gasteiger partial charge in [0.2, 0.25) is 0 Å². The fraction of sp³-hybridized carbons (Fsp3) is 0.259. The molecule has 36 heavy (non-hydrogen) atoms. The number of carbonyl (C=O) groups excluding carboxylic acids is 2. The Kier molecular flexibility index (Phi) is 6.33. The Morgan fingerprint density at radius 1 is 1.17 bits per heavy atom. The molecule has 1 N–H and O–H groups in total. The Morgan fingerprint density at radius 3 is 2.64 bits per heavy atom. The summed E-state index contributed by atoms with van der Waals surface area (Å²) in [7, 11) is 0. The summed E-state index contributed by atoms with van der Waals surface area (Å²) in [6.45, 7) is 5.77. The van der Waals surface area contributed by atoms with Crippen molar-refractivity contribution in [2.24, 2.45) is 0 Å². The number of amides is 2. The standard InChI is InChI=1S/C27H23ClN4O2S2/c1-14-8-9-18(12-22(14)28)32-25(34)20(24(33)30-27(32)35)11-17-10-15(2)31(16(17)3)26-21(13-29)19-6-4-5-7-23(19)36-26/h8-12H,4-7H2,1-3H3,(H,30,33,35)/b20-11+. The first kappa shape index (κ1) is 24.4. The molecule has 182 valence electrons. The summed E-state index contributed by atoms with van der Waals surface area (Å²) in [5, 5.41) is 14.0. The summed E-state index contributed by atoms with van der Waals surface area (Å²) in [6, 6.07) is 9.56. The second-order valence-corrected chi connectivity index (χ2v) is 10.9. The van der Waals surface area contributed by atoms with Gasteiger partial charge in [0.05, 0.1) is 11.3 Å². The van der Waals surface area contributed by atoms with Crippen molar-refractivity contribution in [3.63, 3.8) is 0 Å². The van der Waals surface area contributed by atoms with Gasteiger partial charge in [-0.2, -0.15) is 5.26 Å². The highest BCUT2D eigenvalue weighted by Gasteiger charge is 2.35. The van der Waals surface area contributed by atoms with E-state index in [0.717, 1.165) is 58.8 Å². The molecule has 3 aromatic rings. The maximum Gasteiger partial charge on any atom is 0.270 e. The van der Waals surface area contributed by atoms with Gasteiger partial charge >= 0.3 is 0 Å². The van der Waals surface area contributed by atoms with Crippen molar-refractivity contribution in [3.8, 4) is 11.1 Å². The molecule has 2 amide bonds. The van der Waals surface area contributed by atoms with Gasteiger partial charge in [0.15, 0.2) is 5.11 Å². The summed E-state index contributed by atoms with van der Waals surface area (Å²) < 4.78 is 2.06. The predicted molar refractivity (Wildman–Crippen MR) is 147 cm³/mol. The molecule has 1 aliphatic heterocycles. The number of nitrogens with one attached hydrogen (secondary N) is 1. The summed E-state index contributed by atoms with van der Waals surface area (Å²) in [6.07, 6.45) is 5.76. The van der Waals surface area contributed by atoms with Crippen LogP contribution in [-0.2, 0) is 22.4 Å². The van der Waals surface area contributed by atoms with E-state index in [1.807, 2.05) is 26.8 Å². The molecule has 0 atom stereocenters. The van der Waals surface area contributed by atoms with Crippen LogP contribution >= 0.6 is 35.2 Å². The van der Waals surface area contributed by atoms with Crippen molar-refractivity contribution in [1.82, 2.24) is 9.88 Å². The number of thiophene rings is 1. The number of aromatic nitrogens is 1. The van der Waals surface area contributed by atoms with E-state index in [0.29, 0.717) is 10.7 Å². The van der Waals surface area contributed by atoms with Crippen molar-refractivity contribution >= 4 is 63.8 Å². The van der Waals surface area contributed by atoms with Crippen molar-refractivity contribution < 1.29 is 9.59 Å². The predicted octanol–water partition coefficient (Wildman–Crippen LogP) is 5.70. The summed E-state index contributed by atoms with van der Waals surface area (Å²) in [5.41, 5.74) is 5.75. The van der Waals surface area contributed by atoms with Crippen LogP contribution in [0.2, 0.25) is 5.02 Å². The van der Waals surface area contributed by atoms with E-state index in [1.165, 1.54) is 15.3 Å². The maximum atomic E-state index is 13.5. The minimum Gasteiger partial charge on any atom is -0.308 e. The summed E-state index contributed by atoms with van der Waals surface area (Å²) in [4.78, 5) is 28.9. The molecule has 1 aromatic carbocycles. The van der Waals surface area contributed by atoms with Crippen LogP contribution in [0.5, 0.6) is 0 Å². The third-order valence-corrected chi connectivity index (χ3v) is 8.72. The number of anilines is 1. The molecule has 0 saturated carbocycles. The molecule has 2 aliphatic rings. The molecule has 1 aliphatic carbocycles. The third kappa shape index (κ3) is 3.97. The number of halogens is 1. The fourth-order valence-electron chi connectivity index (χ4n) is 4.84. The lowest BCUT2D eigenvalue weighted by atomic mass is 9.96. The van der Waals surface area contributed by atoms with Gasteiger partial charge in [0, 0.05) is 21.3 Å². The number of benzene rings is 1. The first-order valence-corrected chi connectivity index (χ1v) is 13.2. The van der Waals surface area contributed by atoms with Gasteiger partial charge in [-0.3, -0.25) is 19.8 Å². The van der Waals surface area contributed by atoms with E-state index in [-0.39, 0.29) is 10.7 Å². The monoisotopic (exact) mass is 534 g/mol. The van der Waals surface area contributed by atoms with E-state index < -0.39 is 11.8 Å². The van der Waals surface area contributed by atoms with E-state index >= 15 is 0 Å². The maximum absolute atomic E-state index is 13.5. The Balaban J connectivity index is 1.57. The van der Waals surface area contributed by atoms with Crippen molar-refractivity contribution in [1.29, 1.82) is 5.26 Å². The minimum atomic E-state index is -0.548. The number of thiocarbonyl (C=S) groups is 1. The van der Waals surface area contributed by atoms with E-state index in [4.69, 9.17) is 23.8 Å². The zero-order chi connectivity index (χ0) is 25.7. The van der Waals surface area contributed by atoms with Gasteiger partial charge in [-0.1, -0.05) is 17.7 Å². The molecule has 0 radical (unpaired) electrons. The minimum absolute atomic E-state index is 0.00960. The van der Waals surface area contributed by atoms with Gasteiger partial charge in [-0.05, 0) is 99.6 Å². The Bertz CT molecular complexity index is 1540. The number of rotatable bonds is 3. The molecule has 6 nitrogen and oxygen atoms in total. The number of aryl methyl sites for hydroxylation is 3. The first-order valence-electron chi connectivity index (χ1n) is 11.6. The van der Waals surface area contributed by atoms with E-state index in [1.54, 1.807) is 35.6 Å². The largest absolute Gasteiger partial charge is 0.308 e. The van der Waals surface area contributed by atoms with Crippen LogP contribution in [0.15, 0.2) is 29.8 Å². The van der Waals surface area contributed by atoms with Crippen LogP contribution in [0.3, 0.4) is 0 Å². The second-order valence-electron chi connectivity index (χ2n) is 9.06. The van der Waals surface area contributed by atoms with Crippen LogP contribution in [0.1, 0.15) is 51.4 Å². The average Bonchev–Trinajstić information content (AvgIpc) is 3.34. The summed E-state index contributed by atoms with van der Waals surface area (Å²) >= 11 is 13.3. The van der Waals surface area contributed by atoms with Crippen LogP contribution in [0.4, 0.5) is 5.69 Å². The third-order valence-electron chi connectivity index (χ3n) is 6.75. The van der Waals surface area contributed by atoms with Gasteiger partial charge < -0.3 is 4.57 Å². The van der Waals surface area contributed by atoms with Gasteiger partial charge in [-0.15, -0.1) is 11.3 Å². The molecule has 1 fully saturated rings. The average molecular weight is 535 g/mol. The van der Waals surface area contributed by atoms with Crippen molar-refractivity contribution in [2.45, 2.75) is 46.5 Å². The summed E-state index contributed by atoms with van der Waals surface area (Å²) in [5.74, 6) is -1.06. The molecular formula is C27H23ClN4O2S2. The van der Waals surface area contributed by atoms with Gasteiger partial charge in [0.25, 0.3) is 11.8 Å². The number of nitriles is 1. The van der Waals surface area contributed by atoms with Crippen molar-refractivity contribution in [3.05, 3.63) is 73.4 Å². The van der Waals surface area contributed by atoms with Gasteiger partial charge in [0.1, 0.15) is 16.6 Å². The quantitative estimate of drug-likeness (QED) is 0.265. The SMILES string of the molecule is Cc1ccc(N2C(=O)/C(=C/c3cc(C)n(-c4sc5c(c4C#N)CCCC5)c3C)C(=O)NC2=S)cc1Cl. The van der Waals surface area contributed by atoms with Crippen LogP contribution in [0, 0.1) is 32.1 Å². The Morgan fingerprint density at radius 2 is 1.92 bits per heavy atom. The van der Waals surface area contributed by atoms with E-state index in [2.05, 4.69) is 16.0 Å². The smallest absolute Gasteiger partial charge is 0.270 e. The lowest BCUT2D eigenvalue weighted by Gasteiger charge is -2.29. The molecule has 0 unspecified atom stereocenters. The zero-order valence-corrected chi connectivity index (χ0v) is 22.5. The molecule has 5 rings (SSSR count). The number of hydrogen-bond donors (Lipinski definition) is 1. The van der Waals surface area contributed by atoms with Crippen LogP contribution in [-0.4, -0.2) is 21.5 Å². The second kappa shape index (κ2) is 9.32. The Hall–Kier alpha value is -3.25. The normalized spacial score (nSPS) is 16.8. The van der Waals surface area contributed by atoms with Gasteiger partial charge in [-0.25, -0.2) is 0 Å². The van der Waals surface area contributed by atoms with Crippen LogP contribution < -0.4 is 10.2 Å². The molecular weight excluding hydrogens is 512 g/mol. The molecule has 9 heteroatoms. The zero-order valence-electron chi connectivity index (χ0n) is 20.1. The topological polar surface area (TPSA) is 78.1 Å². The van der Waals surface area contributed by atoms with Crippen molar-refractivity contribution in [2.75, 3.05) is 4.90 Å². The molecule has 3 heterocycles. The highest BCUT2D eigenvalue weighted by molar-refractivity contribution is 7.80. The number of carbonyl (C=O) groups is 2. The lowest BCUT2D eigenvalue weighted by molar-refractivity contribution is -0.122. The van der Waals surface area contributed by atoms with Crippen LogP contribution in [0.25, 0.3) is 11.1 Å². The fourth-order valence-corrected chi connectivity index (χ4v) is 6.74. The van der Waals surface area contributed by atoms with E-state index in [9.17, 15) is 14.9 Å². The first-order chi connectivity index (χ1) is 17.2. The Labute approximate surface area is 223 Å². The number of nitrogens with zero attached hydrogens (tertiary/aromatic N) is 3. The molecule has 2 aromatic heterocycles. The molecule has 0 spiro atoms. The number of fused-ring (bicyclic) bond motifs is 1.